The van der Waals surface area contributed by atoms with Crippen LogP contribution in [0.4, 0.5) is 17.6 Å². The number of nitrogens with zero attached hydrogens (tertiary/aromatic N) is 6. The van der Waals surface area contributed by atoms with E-state index in [0.29, 0.717) is 46.5 Å². The Kier molecular flexibility index (Phi) is 7.56. The summed E-state index contributed by atoms with van der Waals surface area (Å²) in [5.41, 5.74) is 9.25. The van der Waals surface area contributed by atoms with E-state index < -0.39 is 6.04 Å². The number of methoxy groups -OCH3 is 1. The molecule has 3 aromatic carbocycles. The van der Waals surface area contributed by atoms with Gasteiger partial charge in [-0.05, 0) is 61.4 Å². The molecule has 1 atom stereocenters. The number of fused-ring (bicyclic) bond motifs is 2. The molecule has 1 aliphatic rings. The molecule has 0 unspecified atom stereocenters. The van der Waals surface area contributed by atoms with Gasteiger partial charge in [-0.1, -0.05) is 41.9 Å². The molecule has 1 aliphatic heterocycles. The molecular weight excluding hydrogens is 580 g/mol. The van der Waals surface area contributed by atoms with E-state index in [9.17, 15) is 9.59 Å². The average molecular weight is 611 g/mol. The monoisotopic (exact) mass is 610 g/mol. The molecular formula is C32H31ClN8O3. The number of carbonyl (C=O) groups excluding carboxylic acids is 1. The minimum absolute atomic E-state index is 0.00450. The van der Waals surface area contributed by atoms with Gasteiger partial charge in [-0.3, -0.25) is 14.2 Å². The van der Waals surface area contributed by atoms with Crippen molar-refractivity contribution in [1.82, 2.24) is 24.4 Å². The number of ether oxygens (including phenoxy) is 1. The van der Waals surface area contributed by atoms with Crippen molar-refractivity contribution in [1.29, 1.82) is 0 Å². The number of hydrogen-bond acceptors (Lipinski definition) is 9. The van der Waals surface area contributed by atoms with E-state index in [2.05, 4.69) is 15.3 Å². The Bertz CT molecular complexity index is 1960. The maximum atomic E-state index is 14.0. The molecule has 0 bridgehead atoms. The van der Waals surface area contributed by atoms with Gasteiger partial charge in [-0.2, -0.15) is 9.97 Å². The molecule has 3 N–H and O–H groups in total. The number of nitrogens with one attached hydrogen (secondary N) is 1. The Balaban J connectivity index is 1.45. The number of aromatic nitrogens is 4. The highest BCUT2D eigenvalue weighted by molar-refractivity contribution is 6.35. The second-order valence-electron chi connectivity index (χ2n) is 10.8. The van der Waals surface area contributed by atoms with Crippen LogP contribution in [0.15, 0.2) is 71.5 Å². The molecule has 224 valence electrons. The summed E-state index contributed by atoms with van der Waals surface area (Å²) in [4.78, 5) is 44.9. The van der Waals surface area contributed by atoms with Crippen molar-refractivity contribution in [2.45, 2.75) is 26.4 Å². The number of anilines is 3. The summed E-state index contributed by atoms with van der Waals surface area (Å²) >= 11 is 6.48. The van der Waals surface area contributed by atoms with Crippen LogP contribution in [0.5, 0.6) is 5.75 Å². The summed E-state index contributed by atoms with van der Waals surface area (Å²) in [6.45, 7) is 4.58. The number of nitrogens with two attached hydrogens (primary N) is 1. The smallest absolute Gasteiger partial charge is 0.267 e. The summed E-state index contributed by atoms with van der Waals surface area (Å²) in [6, 6.07) is 19.8. The van der Waals surface area contributed by atoms with Crippen LogP contribution in [0.2, 0.25) is 5.02 Å². The molecule has 6 rings (SSSR count). The van der Waals surface area contributed by atoms with E-state index >= 15 is 0 Å². The lowest BCUT2D eigenvalue weighted by Gasteiger charge is -2.36. The summed E-state index contributed by atoms with van der Waals surface area (Å²) in [7, 11) is 3.34. The van der Waals surface area contributed by atoms with Gasteiger partial charge in [0.1, 0.15) is 23.0 Å². The van der Waals surface area contributed by atoms with E-state index in [4.69, 9.17) is 27.1 Å². The molecule has 1 amide bonds. The molecule has 44 heavy (non-hydrogen) atoms. The lowest BCUT2D eigenvalue weighted by molar-refractivity contribution is 0.0781. The first-order valence-corrected chi connectivity index (χ1v) is 14.4. The fraction of sp³-hybridized carbons (Fsp3) is 0.219. The van der Waals surface area contributed by atoms with E-state index in [1.165, 1.54) is 0 Å². The van der Waals surface area contributed by atoms with E-state index in [-0.39, 0.29) is 28.8 Å². The van der Waals surface area contributed by atoms with Gasteiger partial charge >= 0.3 is 0 Å². The molecule has 0 spiro atoms. The molecule has 3 heterocycles. The van der Waals surface area contributed by atoms with Crippen LogP contribution in [0.3, 0.4) is 0 Å². The second-order valence-corrected chi connectivity index (χ2v) is 11.2. The molecule has 0 saturated carbocycles. The first-order chi connectivity index (χ1) is 21.1. The van der Waals surface area contributed by atoms with E-state index in [1.54, 1.807) is 41.8 Å². The highest BCUT2D eigenvalue weighted by Crippen LogP contribution is 2.34. The quantitative estimate of drug-likeness (QED) is 0.263. The van der Waals surface area contributed by atoms with Crippen LogP contribution in [0.1, 0.15) is 40.3 Å². The Morgan fingerprint density at radius 1 is 1.05 bits per heavy atom. The Morgan fingerprint density at radius 2 is 1.80 bits per heavy atom. The molecule has 2 aromatic heterocycles. The summed E-state index contributed by atoms with van der Waals surface area (Å²) in [5.74, 6) is 1.57. The Hall–Kier alpha value is -5.16. The van der Waals surface area contributed by atoms with Gasteiger partial charge in [0.2, 0.25) is 5.95 Å². The normalized spacial score (nSPS) is 13.6. The van der Waals surface area contributed by atoms with Gasteiger partial charge in [0, 0.05) is 13.6 Å². The zero-order chi connectivity index (χ0) is 31.1. The van der Waals surface area contributed by atoms with Crippen molar-refractivity contribution in [3.05, 3.63) is 105 Å². The number of aryl methyl sites for hydroxylation is 1. The molecule has 0 saturated heterocycles. The SMILES string of the molecule is COc1ccc(CN2CN(C)C(=O)c3c(N[C@@H](C)c4nc5cccc(Cl)c5c(=O)n4-c4cccc(C)c4)nc(N)nc32)cc1. The van der Waals surface area contributed by atoms with Crippen molar-refractivity contribution >= 4 is 46.0 Å². The van der Waals surface area contributed by atoms with Crippen LogP contribution < -0.4 is 26.2 Å². The number of carbonyl (C=O) groups is 1. The van der Waals surface area contributed by atoms with Crippen LogP contribution >= 0.6 is 11.6 Å². The highest BCUT2D eigenvalue weighted by Gasteiger charge is 2.33. The van der Waals surface area contributed by atoms with Gasteiger partial charge in [0.05, 0.1) is 41.4 Å². The predicted molar refractivity (Wildman–Crippen MR) is 172 cm³/mol. The third-order valence-electron chi connectivity index (χ3n) is 7.56. The third kappa shape index (κ3) is 5.26. The summed E-state index contributed by atoms with van der Waals surface area (Å²) in [6.07, 6.45) is 0. The van der Waals surface area contributed by atoms with Crippen LogP contribution in [-0.2, 0) is 6.54 Å². The van der Waals surface area contributed by atoms with Gasteiger partial charge in [-0.15, -0.1) is 0 Å². The number of benzene rings is 3. The molecule has 12 heteroatoms. The molecule has 0 radical (unpaired) electrons. The van der Waals surface area contributed by atoms with E-state index in [1.807, 2.05) is 67.3 Å². The van der Waals surface area contributed by atoms with E-state index in [0.717, 1.165) is 16.9 Å². The average Bonchev–Trinajstić information content (AvgIpc) is 2.99. The van der Waals surface area contributed by atoms with Crippen molar-refractivity contribution in [3.63, 3.8) is 0 Å². The predicted octanol–water partition coefficient (Wildman–Crippen LogP) is 4.95. The van der Waals surface area contributed by atoms with Gasteiger partial charge in [0.25, 0.3) is 11.5 Å². The Labute approximate surface area is 258 Å². The topological polar surface area (TPSA) is 132 Å². The third-order valence-corrected chi connectivity index (χ3v) is 7.87. The van der Waals surface area contributed by atoms with Crippen LogP contribution in [0.25, 0.3) is 16.6 Å². The number of halogens is 1. The summed E-state index contributed by atoms with van der Waals surface area (Å²) < 4.78 is 6.83. The van der Waals surface area contributed by atoms with Crippen molar-refractivity contribution in [3.8, 4) is 11.4 Å². The molecule has 5 aromatic rings. The minimum Gasteiger partial charge on any atom is -0.497 e. The largest absolute Gasteiger partial charge is 0.497 e. The highest BCUT2D eigenvalue weighted by atomic mass is 35.5. The lowest BCUT2D eigenvalue weighted by Crippen LogP contribution is -2.45. The van der Waals surface area contributed by atoms with Gasteiger partial charge in [-0.25, -0.2) is 4.98 Å². The first kappa shape index (κ1) is 28.9. The van der Waals surface area contributed by atoms with Crippen molar-refractivity contribution < 1.29 is 9.53 Å². The number of rotatable bonds is 7. The zero-order valence-corrected chi connectivity index (χ0v) is 25.5. The second kappa shape index (κ2) is 11.5. The number of hydrogen-bond donors (Lipinski definition) is 2. The number of amides is 1. The first-order valence-electron chi connectivity index (χ1n) is 14.0. The fourth-order valence-electron chi connectivity index (χ4n) is 5.43. The standard InChI is InChI=1S/C32H31ClN8O3/c1-18-7-5-8-21(15-18)41-28(36-24-10-6-9-23(33)25(24)31(41)43)19(2)35-27-26-29(38-32(34)37-27)40(17-39(3)30(26)42)16-20-11-13-22(44-4)14-12-20/h5-15,19H,16-17H2,1-4H3,(H3,34,35,37,38)/t19-/m0/s1. The van der Waals surface area contributed by atoms with Crippen LogP contribution in [-0.4, -0.2) is 51.2 Å². The maximum Gasteiger partial charge on any atom is 0.267 e. The fourth-order valence-corrected chi connectivity index (χ4v) is 5.68. The van der Waals surface area contributed by atoms with Crippen molar-refractivity contribution in [2.24, 2.45) is 0 Å². The molecule has 0 fully saturated rings. The maximum absolute atomic E-state index is 14.0. The van der Waals surface area contributed by atoms with Crippen molar-refractivity contribution in [2.75, 3.05) is 36.8 Å². The van der Waals surface area contributed by atoms with Crippen LogP contribution in [0, 0.1) is 6.92 Å². The van der Waals surface area contributed by atoms with Gasteiger partial charge < -0.3 is 25.6 Å². The number of nitrogen functional groups attached to an aromatic ring is 1. The Morgan fingerprint density at radius 3 is 2.52 bits per heavy atom. The molecule has 11 nitrogen and oxygen atoms in total. The minimum atomic E-state index is -0.597. The zero-order valence-electron chi connectivity index (χ0n) is 24.7. The van der Waals surface area contributed by atoms with Gasteiger partial charge in [0.15, 0.2) is 5.82 Å². The molecule has 0 aliphatic carbocycles. The lowest BCUT2D eigenvalue weighted by atomic mass is 10.1. The summed E-state index contributed by atoms with van der Waals surface area (Å²) in [5, 5.41) is 3.97.